The highest BCUT2D eigenvalue weighted by molar-refractivity contribution is 5.41. The summed E-state index contributed by atoms with van der Waals surface area (Å²) in [4.78, 5) is 19.5. The third kappa shape index (κ3) is 3.23. The Bertz CT molecular complexity index is 700. The van der Waals surface area contributed by atoms with Crippen molar-refractivity contribution >= 4 is 5.82 Å². The first-order chi connectivity index (χ1) is 9.60. The van der Waals surface area contributed by atoms with E-state index in [2.05, 4.69) is 29.0 Å². The zero-order chi connectivity index (χ0) is 14.5. The lowest BCUT2D eigenvalue weighted by molar-refractivity contribution is 0.844. The minimum Gasteiger partial charge on any atom is -0.359 e. The largest absolute Gasteiger partial charge is 0.359 e. The quantitative estimate of drug-likeness (QED) is 0.914. The number of hydrogen-bond donors (Lipinski definition) is 1. The van der Waals surface area contributed by atoms with Gasteiger partial charge in [-0.15, -0.1) is 0 Å². The molecule has 0 radical (unpaired) electrons. The fraction of sp³-hybridized carbons (Fsp3) is 0.267. The summed E-state index contributed by atoms with van der Waals surface area (Å²) in [6.45, 7) is 2.81. The summed E-state index contributed by atoms with van der Waals surface area (Å²) in [5.74, 6) is 0.513. The standard InChI is InChI=1S/C15H16N4O/c1-11-5-3-4-6-12(11)7-8-19(2)14-9-13(10-16)17-15(20)18-14/h3-6,9H,7-8H2,1-2H3,(H,17,18,20). The fourth-order valence-corrected chi connectivity index (χ4v) is 1.99. The van der Waals surface area contributed by atoms with Crippen molar-refractivity contribution in [2.24, 2.45) is 0 Å². The van der Waals surface area contributed by atoms with Crippen LogP contribution in [0.1, 0.15) is 16.8 Å². The van der Waals surface area contributed by atoms with E-state index in [0.717, 1.165) is 13.0 Å². The summed E-state index contributed by atoms with van der Waals surface area (Å²) < 4.78 is 0. The van der Waals surface area contributed by atoms with E-state index in [4.69, 9.17) is 5.26 Å². The summed E-state index contributed by atoms with van der Waals surface area (Å²) in [5.41, 5.74) is 2.24. The van der Waals surface area contributed by atoms with E-state index in [1.54, 1.807) is 6.07 Å². The lowest BCUT2D eigenvalue weighted by atomic mass is 10.1. The van der Waals surface area contributed by atoms with Crippen LogP contribution >= 0.6 is 0 Å². The molecule has 0 saturated carbocycles. The Morgan fingerprint density at radius 2 is 2.15 bits per heavy atom. The molecule has 1 aromatic carbocycles. The number of nitrogens with one attached hydrogen (secondary N) is 1. The molecule has 102 valence electrons. The Hall–Kier alpha value is -2.61. The normalized spacial score (nSPS) is 10.1. The number of benzene rings is 1. The molecule has 0 saturated heterocycles. The number of aryl methyl sites for hydroxylation is 1. The van der Waals surface area contributed by atoms with Crippen LogP contribution in [0.3, 0.4) is 0 Å². The van der Waals surface area contributed by atoms with Crippen molar-refractivity contribution in [2.75, 3.05) is 18.5 Å². The maximum absolute atomic E-state index is 11.4. The number of hydrogen-bond acceptors (Lipinski definition) is 4. The third-order valence-corrected chi connectivity index (χ3v) is 3.22. The van der Waals surface area contributed by atoms with Crippen molar-refractivity contribution in [3.63, 3.8) is 0 Å². The molecule has 1 heterocycles. The van der Waals surface area contributed by atoms with Crippen molar-refractivity contribution in [1.82, 2.24) is 9.97 Å². The first-order valence-corrected chi connectivity index (χ1v) is 6.37. The van der Waals surface area contributed by atoms with Gasteiger partial charge in [-0.2, -0.15) is 10.2 Å². The molecule has 0 spiro atoms. The highest BCUT2D eigenvalue weighted by Gasteiger charge is 2.07. The Morgan fingerprint density at radius 1 is 1.40 bits per heavy atom. The zero-order valence-corrected chi connectivity index (χ0v) is 11.6. The SMILES string of the molecule is Cc1ccccc1CCN(C)c1cc(C#N)[nH]c(=O)n1. The summed E-state index contributed by atoms with van der Waals surface area (Å²) in [5, 5.41) is 8.85. The highest BCUT2D eigenvalue weighted by atomic mass is 16.1. The minimum atomic E-state index is -0.498. The molecule has 1 aromatic heterocycles. The van der Waals surface area contributed by atoms with Gasteiger partial charge in [-0.1, -0.05) is 24.3 Å². The van der Waals surface area contributed by atoms with E-state index < -0.39 is 5.69 Å². The fourth-order valence-electron chi connectivity index (χ4n) is 1.99. The Balaban J connectivity index is 2.11. The number of aromatic nitrogens is 2. The predicted octanol–water partition coefficient (Wildman–Crippen LogP) is 1.63. The van der Waals surface area contributed by atoms with Gasteiger partial charge in [-0.3, -0.25) is 4.98 Å². The molecule has 0 amide bonds. The Morgan fingerprint density at radius 3 is 2.85 bits per heavy atom. The zero-order valence-electron chi connectivity index (χ0n) is 11.6. The highest BCUT2D eigenvalue weighted by Crippen LogP contribution is 2.11. The van der Waals surface area contributed by atoms with E-state index in [1.165, 1.54) is 11.1 Å². The van der Waals surface area contributed by atoms with Crippen molar-refractivity contribution < 1.29 is 0 Å². The number of nitrogens with zero attached hydrogens (tertiary/aromatic N) is 3. The molecule has 0 aliphatic carbocycles. The van der Waals surface area contributed by atoms with Gasteiger partial charge in [0.2, 0.25) is 0 Å². The van der Waals surface area contributed by atoms with E-state index in [-0.39, 0.29) is 5.69 Å². The minimum absolute atomic E-state index is 0.225. The van der Waals surface area contributed by atoms with Crippen LogP contribution in [0.4, 0.5) is 5.82 Å². The van der Waals surface area contributed by atoms with Crippen LogP contribution < -0.4 is 10.6 Å². The first-order valence-electron chi connectivity index (χ1n) is 6.37. The van der Waals surface area contributed by atoms with E-state index in [9.17, 15) is 4.79 Å². The smallest absolute Gasteiger partial charge is 0.347 e. The van der Waals surface area contributed by atoms with E-state index in [1.807, 2.05) is 30.1 Å². The molecule has 5 heteroatoms. The first kappa shape index (κ1) is 13.8. The summed E-state index contributed by atoms with van der Waals surface area (Å²) in [6.07, 6.45) is 0.861. The van der Waals surface area contributed by atoms with Crippen LogP contribution in [0, 0.1) is 18.3 Å². The third-order valence-electron chi connectivity index (χ3n) is 3.22. The van der Waals surface area contributed by atoms with Gasteiger partial charge in [-0.05, 0) is 24.5 Å². The average molecular weight is 268 g/mol. The second-order valence-electron chi connectivity index (χ2n) is 4.67. The van der Waals surface area contributed by atoms with Crippen molar-refractivity contribution in [3.05, 3.63) is 57.6 Å². The van der Waals surface area contributed by atoms with Gasteiger partial charge in [0.05, 0.1) is 0 Å². The summed E-state index contributed by atoms with van der Waals surface area (Å²) in [7, 11) is 1.86. The molecule has 2 aromatic rings. The van der Waals surface area contributed by atoms with E-state index in [0.29, 0.717) is 5.82 Å². The monoisotopic (exact) mass is 268 g/mol. The molecule has 2 rings (SSSR count). The van der Waals surface area contributed by atoms with Gasteiger partial charge in [-0.25, -0.2) is 4.79 Å². The molecule has 5 nitrogen and oxygen atoms in total. The van der Waals surface area contributed by atoms with E-state index >= 15 is 0 Å². The van der Waals surface area contributed by atoms with Crippen LogP contribution in [0.5, 0.6) is 0 Å². The molecule has 20 heavy (non-hydrogen) atoms. The van der Waals surface area contributed by atoms with Crippen LogP contribution in [0.2, 0.25) is 0 Å². The molecule has 0 aliphatic rings. The van der Waals surface area contributed by atoms with Crippen molar-refractivity contribution in [1.29, 1.82) is 5.26 Å². The maximum Gasteiger partial charge on any atom is 0.347 e. The van der Waals surface area contributed by atoms with Crippen molar-refractivity contribution in [3.8, 4) is 6.07 Å². The van der Waals surface area contributed by atoms with Gasteiger partial charge in [0.25, 0.3) is 0 Å². The summed E-state index contributed by atoms with van der Waals surface area (Å²) in [6, 6.07) is 11.7. The molecular formula is C15H16N4O. The topological polar surface area (TPSA) is 72.8 Å². The maximum atomic E-state index is 11.4. The predicted molar refractivity (Wildman–Crippen MR) is 77.7 cm³/mol. The van der Waals surface area contributed by atoms with Gasteiger partial charge < -0.3 is 4.90 Å². The number of nitriles is 1. The molecule has 1 N–H and O–H groups in total. The molecule has 0 fully saturated rings. The Kier molecular flexibility index (Phi) is 4.16. The molecule has 0 unspecified atom stereocenters. The molecule has 0 bridgehead atoms. The van der Waals surface area contributed by atoms with Crippen LogP contribution in [0.25, 0.3) is 0 Å². The number of anilines is 1. The second-order valence-corrected chi connectivity index (χ2v) is 4.67. The van der Waals surface area contributed by atoms with Crippen molar-refractivity contribution in [2.45, 2.75) is 13.3 Å². The number of rotatable bonds is 4. The molecule has 0 aliphatic heterocycles. The average Bonchev–Trinajstić information content (AvgIpc) is 2.45. The van der Waals surface area contributed by atoms with Crippen LogP contribution in [-0.4, -0.2) is 23.6 Å². The number of likely N-dealkylation sites (N-methyl/N-ethyl adjacent to an activating group) is 1. The van der Waals surface area contributed by atoms with Crippen LogP contribution in [0.15, 0.2) is 35.1 Å². The number of aromatic amines is 1. The number of H-pyrrole nitrogens is 1. The molecular weight excluding hydrogens is 252 g/mol. The second kappa shape index (κ2) is 6.02. The van der Waals surface area contributed by atoms with Gasteiger partial charge >= 0.3 is 5.69 Å². The molecule has 0 atom stereocenters. The van der Waals surface area contributed by atoms with Crippen LogP contribution in [-0.2, 0) is 6.42 Å². The lowest BCUT2D eigenvalue weighted by Crippen LogP contribution is -2.25. The Labute approximate surface area is 117 Å². The van der Waals surface area contributed by atoms with Gasteiger partial charge in [0.1, 0.15) is 17.6 Å². The lowest BCUT2D eigenvalue weighted by Gasteiger charge is -2.18. The van der Waals surface area contributed by atoms with Gasteiger partial charge in [0, 0.05) is 19.7 Å². The summed E-state index contributed by atoms with van der Waals surface area (Å²) >= 11 is 0. The van der Waals surface area contributed by atoms with Gasteiger partial charge in [0.15, 0.2) is 0 Å².